The van der Waals surface area contributed by atoms with Crippen LogP contribution in [0.3, 0.4) is 0 Å². The lowest BCUT2D eigenvalue weighted by molar-refractivity contribution is 0.0941. The Morgan fingerprint density at radius 2 is 1.89 bits per heavy atom. The summed E-state index contributed by atoms with van der Waals surface area (Å²) < 4.78 is 0. The molecule has 1 saturated heterocycles. The van der Waals surface area contributed by atoms with Crippen LogP contribution in [0.4, 0.5) is 0 Å². The van der Waals surface area contributed by atoms with Crippen LogP contribution in [0.2, 0.25) is 10.0 Å². The minimum absolute atomic E-state index is 0.0764. The first-order valence-corrected chi connectivity index (χ1v) is 7.59. The molecular weight excluding hydrogens is 281 g/mol. The van der Waals surface area contributed by atoms with E-state index in [-0.39, 0.29) is 5.78 Å². The summed E-state index contributed by atoms with van der Waals surface area (Å²) in [6.45, 7) is 2.59. The van der Waals surface area contributed by atoms with E-state index < -0.39 is 0 Å². The van der Waals surface area contributed by atoms with Gasteiger partial charge < -0.3 is 0 Å². The topological polar surface area (TPSA) is 20.3 Å². The minimum Gasteiger partial charge on any atom is -0.295 e. The van der Waals surface area contributed by atoms with E-state index in [4.69, 9.17) is 23.2 Å². The third kappa shape index (κ3) is 2.81. The van der Waals surface area contributed by atoms with Crippen molar-refractivity contribution in [3.8, 4) is 0 Å². The molecule has 0 spiro atoms. The number of Topliss-reactive ketones (excluding diaryl/α,β-unsaturated/α-hetero) is 1. The zero-order valence-corrected chi connectivity index (χ0v) is 12.3. The van der Waals surface area contributed by atoms with Crippen molar-refractivity contribution >= 4 is 29.0 Å². The number of hydrogen-bond donors (Lipinski definition) is 0. The number of nitrogens with zero attached hydrogens (tertiary/aromatic N) is 1. The molecule has 4 heteroatoms. The van der Waals surface area contributed by atoms with Gasteiger partial charge in [0.15, 0.2) is 5.78 Å². The Balaban J connectivity index is 1.67. The third-order valence-corrected chi connectivity index (χ3v) is 4.96. The molecule has 1 aliphatic carbocycles. The second kappa shape index (κ2) is 5.43. The molecule has 1 saturated carbocycles. The predicted molar refractivity (Wildman–Crippen MR) is 78.1 cm³/mol. The van der Waals surface area contributed by atoms with Gasteiger partial charge >= 0.3 is 0 Å². The standard InChI is InChI=1S/C15H17Cl2NO/c16-12-4-5-14(17)13(6-12)15(19)9-18-7-10-2-1-3-11(10)8-18/h4-6,10-11H,1-3,7-9H2. The largest absolute Gasteiger partial charge is 0.295 e. The Labute approximate surface area is 123 Å². The first-order valence-electron chi connectivity index (χ1n) is 6.84. The van der Waals surface area contributed by atoms with Crippen LogP contribution in [0, 0.1) is 11.8 Å². The Hall–Kier alpha value is -0.570. The van der Waals surface area contributed by atoms with Crippen molar-refractivity contribution in [2.45, 2.75) is 19.3 Å². The van der Waals surface area contributed by atoms with Gasteiger partial charge in [0, 0.05) is 23.7 Å². The number of rotatable bonds is 3. The molecule has 0 amide bonds. The van der Waals surface area contributed by atoms with E-state index in [1.54, 1.807) is 18.2 Å². The van der Waals surface area contributed by atoms with Crippen LogP contribution >= 0.6 is 23.2 Å². The van der Waals surface area contributed by atoms with Crippen molar-refractivity contribution in [2.75, 3.05) is 19.6 Å². The Morgan fingerprint density at radius 3 is 2.58 bits per heavy atom. The maximum absolute atomic E-state index is 12.3. The van der Waals surface area contributed by atoms with Gasteiger partial charge in [0.05, 0.1) is 11.6 Å². The fourth-order valence-corrected chi connectivity index (χ4v) is 3.86. The summed E-state index contributed by atoms with van der Waals surface area (Å²) >= 11 is 12.0. The lowest BCUT2D eigenvalue weighted by atomic mass is 10.0. The van der Waals surface area contributed by atoms with Gasteiger partial charge in [-0.3, -0.25) is 9.69 Å². The second-order valence-corrected chi connectivity index (χ2v) is 6.54. The molecule has 19 heavy (non-hydrogen) atoms. The number of carbonyl (C=O) groups excluding carboxylic acids is 1. The van der Waals surface area contributed by atoms with Crippen LogP contribution in [0.15, 0.2) is 18.2 Å². The van der Waals surface area contributed by atoms with Crippen molar-refractivity contribution < 1.29 is 4.79 Å². The van der Waals surface area contributed by atoms with E-state index in [0.717, 1.165) is 24.9 Å². The highest BCUT2D eigenvalue weighted by atomic mass is 35.5. The summed E-state index contributed by atoms with van der Waals surface area (Å²) in [5.74, 6) is 1.69. The van der Waals surface area contributed by atoms with E-state index in [1.165, 1.54) is 19.3 Å². The highest BCUT2D eigenvalue weighted by Crippen LogP contribution is 2.37. The first-order chi connectivity index (χ1) is 9.13. The van der Waals surface area contributed by atoms with Crippen molar-refractivity contribution in [3.05, 3.63) is 33.8 Å². The van der Waals surface area contributed by atoms with Gasteiger partial charge in [0.2, 0.25) is 0 Å². The number of fused-ring (bicyclic) bond motifs is 1. The molecule has 2 aliphatic rings. The maximum Gasteiger partial charge on any atom is 0.178 e. The SMILES string of the molecule is O=C(CN1CC2CCCC2C1)c1cc(Cl)ccc1Cl. The molecule has 1 aliphatic heterocycles. The lowest BCUT2D eigenvalue weighted by Crippen LogP contribution is -2.28. The van der Waals surface area contributed by atoms with Crippen molar-refractivity contribution in [1.29, 1.82) is 0 Å². The van der Waals surface area contributed by atoms with E-state index in [1.807, 2.05) is 0 Å². The molecule has 0 radical (unpaired) electrons. The van der Waals surface area contributed by atoms with Crippen LogP contribution in [0.1, 0.15) is 29.6 Å². The maximum atomic E-state index is 12.3. The number of likely N-dealkylation sites (tertiary alicyclic amines) is 1. The summed E-state index contributed by atoms with van der Waals surface area (Å²) in [6.07, 6.45) is 4.01. The average molecular weight is 298 g/mol. The summed E-state index contributed by atoms with van der Waals surface area (Å²) in [5, 5.41) is 1.06. The van der Waals surface area contributed by atoms with Crippen LogP contribution in [-0.4, -0.2) is 30.3 Å². The van der Waals surface area contributed by atoms with Gasteiger partial charge in [-0.15, -0.1) is 0 Å². The highest BCUT2D eigenvalue weighted by molar-refractivity contribution is 6.36. The van der Waals surface area contributed by atoms with Gasteiger partial charge in [-0.05, 0) is 42.9 Å². The van der Waals surface area contributed by atoms with E-state index in [9.17, 15) is 4.79 Å². The molecule has 0 N–H and O–H groups in total. The van der Waals surface area contributed by atoms with Gasteiger partial charge in [-0.1, -0.05) is 29.6 Å². The smallest absolute Gasteiger partial charge is 0.178 e. The number of ketones is 1. The van der Waals surface area contributed by atoms with Crippen LogP contribution in [0.25, 0.3) is 0 Å². The van der Waals surface area contributed by atoms with Gasteiger partial charge in [-0.25, -0.2) is 0 Å². The fourth-order valence-electron chi connectivity index (χ4n) is 3.46. The van der Waals surface area contributed by atoms with Crippen LogP contribution < -0.4 is 0 Å². The van der Waals surface area contributed by atoms with Crippen molar-refractivity contribution in [1.82, 2.24) is 4.90 Å². The molecule has 2 atom stereocenters. The van der Waals surface area contributed by atoms with E-state index >= 15 is 0 Å². The summed E-state index contributed by atoms with van der Waals surface area (Å²) in [6, 6.07) is 5.07. The Bertz CT molecular complexity index is 491. The van der Waals surface area contributed by atoms with Gasteiger partial charge in [0.1, 0.15) is 0 Å². The van der Waals surface area contributed by atoms with Crippen molar-refractivity contribution in [2.24, 2.45) is 11.8 Å². The van der Waals surface area contributed by atoms with Crippen LogP contribution in [-0.2, 0) is 0 Å². The first kappa shape index (κ1) is 13.4. The molecular formula is C15H17Cl2NO. The zero-order chi connectivity index (χ0) is 13.4. The molecule has 2 nitrogen and oxygen atoms in total. The molecule has 1 aromatic carbocycles. The normalized spacial score (nSPS) is 26.6. The quantitative estimate of drug-likeness (QED) is 0.789. The van der Waals surface area contributed by atoms with Gasteiger partial charge in [-0.2, -0.15) is 0 Å². The lowest BCUT2D eigenvalue weighted by Gasteiger charge is -2.16. The predicted octanol–water partition coefficient (Wildman–Crippen LogP) is 3.91. The number of hydrogen-bond acceptors (Lipinski definition) is 2. The summed E-state index contributed by atoms with van der Waals surface area (Å²) in [5.41, 5.74) is 0.547. The Kier molecular flexibility index (Phi) is 3.84. The molecule has 2 fully saturated rings. The number of halogens is 2. The molecule has 1 heterocycles. The highest BCUT2D eigenvalue weighted by Gasteiger charge is 2.36. The second-order valence-electron chi connectivity index (χ2n) is 5.69. The summed E-state index contributed by atoms with van der Waals surface area (Å²) in [7, 11) is 0. The summed E-state index contributed by atoms with van der Waals surface area (Å²) in [4.78, 5) is 14.6. The molecule has 102 valence electrons. The van der Waals surface area contributed by atoms with Crippen molar-refractivity contribution in [3.63, 3.8) is 0 Å². The number of carbonyl (C=O) groups is 1. The van der Waals surface area contributed by atoms with E-state index in [0.29, 0.717) is 22.2 Å². The third-order valence-electron chi connectivity index (χ3n) is 4.40. The minimum atomic E-state index is 0.0764. The monoisotopic (exact) mass is 297 g/mol. The number of benzene rings is 1. The van der Waals surface area contributed by atoms with E-state index in [2.05, 4.69) is 4.90 Å². The Morgan fingerprint density at radius 1 is 1.21 bits per heavy atom. The van der Waals surface area contributed by atoms with Crippen LogP contribution in [0.5, 0.6) is 0 Å². The zero-order valence-electron chi connectivity index (χ0n) is 10.7. The molecule has 1 aromatic rings. The average Bonchev–Trinajstić information content (AvgIpc) is 2.92. The molecule has 3 rings (SSSR count). The molecule has 0 aromatic heterocycles. The molecule has 0 bridgehead atoms. The van der Waals surface area contributed by atoms with Gasteiger partial charge in [0.25, 0.3) is 0 Å². The molecule has 2 unspecified atom stereocenters. The fraction of sp³-hybridized carbons (Fsp3) is 0.533.